The Balaban J connectivity index is 2.58. The highest BCUT2D eigenvalue weighted by Crippen LogP contribution is 2.21. The summed E-state index contributed by atoms with van der Waals surface area (Å²) in [5.41, 5.74) is -0.707. The molecule has 100 valence electrons. The van der Waals surface area contributed by atoms with E-state index >= 15 is 0 Å². The molecule has 0 heterocycles. The molecule has 0 amide bonds. The van der Waals surface area contributed by atoms with E-state index < -0.39 is 5.54 Å². The van der Waals surface area contributed by atoms with Crippen LogP contribution in [-0.4, -0.2) is 37.4 Å². The first-order valence-corrected chi connectivity index (χ1v) is 6.65. The quantitative estimate of drug-likeness (QED) is 0.694. The number of carbonyl (C=O) groups is 1. The first-order valence-electron chi connectivity index (χ1n) is 6.65. The van der Waals surface area contributed by atoms with Gasteiger partial charge in [0.2, 0.25) is 0 Å². The van der Waals surface area contributed by atoms with Crippen LogP contribution in [0.1, 0.15) is 46.5 Å². The van der Waals surface area contributed by atoms with Gasteiger partial charge in [-0.25, -0.2) is 4.79 Å². The van der Waals surface area contributed by atoms with Crippen molar-refractivity contribution in [1.29, 1.82) is 0 Å². The number of hydrogen-bond donors (Lipinski definition) is 1. The Labute approximate surface area is 104 Å². The van der Waals surface area contributed by atoms with Gasteiger partial charge >= 0.3 is 5.97 Å². The summed E-state index contributed by atoms with van der Waals surface area (Å²) in [4.78, 5) is 12.0. The number of esters is 1. The zero-order valence-corrected chi connectivity index (χ0v) is 11.3. The van der Waals surface area contributed by atoms with Crippen molar-refractivity contribution in [2.75, 3.05) is 19.8 Å². The first kappa shape index (κ1) is 14.5. The molecule has 0 radical (unpaired) electrons. The van der Waals surface area contributed by atoms with Gasteiger partial charge in [0.15, 0.2) is 0 Å². The molecule has 0 aromatic carbocycles. The third kappa shape index (κ3) is 4.28. The second-order valence-electron chi connectivity index (χ2n) is 4.82. The zero-order chi connectivity index (χ0) is 12.7. The van der Waals surface area contributed by atoms with Crippen LogP contribution < -0.4 is 5.32 Å². The fraction of sp³-hybridized carbons (Fsp3) is 0.923. The smallest absolute Gasteiger partial charge is 0.328 e. The van der Waals surface area contributed by atoms with E-state index in [9.17, 15) is 4.79 Å². The van der Waals surface area contributed by atoms with E-state index in [1.807, 2.05) is 20.8 Å². The van der Waals surface area contributed by atoms with Gasteiger partial charge in [0.05, 0.1) is 13.2 Å². The van der Waals surface area contributed by atoms with Gasteiger partial charge in [0, 0.05) is 12.6 Å². The number of carbonyl (C=O) groups excluding carboxylic acids is 1. The molecule has 1 aliphatic carbocycles. The molecule has 0 saturated heterocycles. The average molecular weight is 243 g/mol. The van der Waals surface area contributed by atoms with Crippen LogP contribution in [0.2, 0.25) is 0 Å². The number of rotatable bonds is 7. The molecular formula is C13H25NO3. The normalized spacial score (nSPS) is 20.2. The third-order valence-corrected chi connectivity index (χ3v) is 3.20. The van der Waals surface area contributed by atoms with Crippen molar-refractivity contribution in [1.82, 2.24) is 5.32 Å². The van der Waals surface area contributed by atoms with E-state index in [0.29, 0.717) is 25.9 Å². The molecule has 1 aliphatic rings. The van der Waals surface area contributed by atoms with Crippen molar-refractivity contribution in [2.45, 2.75) is 58.0 Å². The van der Waals surface area contributed by atoms with Crippen LogP contribution in [0.5, 0.6) is 0 Å². The molecule has 1 N–H and O–H groups in total. The summed E-state index contributed by atoms with van der Waals surface area (Å²) in [6.45, 7) is 7.03. The lowest BCUT2D eigenvalue weighted by Gasteiger charge is -2.31. The lowest BCUT2D eigenvalue weighted by Crippen LogP contribution is -2.57. The molecule has 1 fully saturated rings. The highest BCUT2D eigenvalue weighted by atomic mass is 16.5. The van der Waals surface area contributed by atoms with Crippen LogP contribution in [0.3, 0.4) is 0 Å². The minimum absolute atomic E-state index is 0.208. The SMILES string of the molecule is CCOCC(C)(NC1CCCC1)C(=O)OCC. The van der Waals surface area contributed by atoms with Gasteiger partial charge in [0.1, 0.15) is 5.54 Å². The molecule has 4 heteroatoms. The van der Waals surface area contributed by atoms with E-state index in [1.165, 1.54) is 12.8 Å². The van der Waals surface area contributed by atoms with Gasteiger partial charge in [-0.15, -0.1) is 0 Å². The number of hydrogen-bond acceptors (Lipinski definition) is 4. The molecule has 0 aliphatic heterocycles. The highest BCUT2D eigenvalue weighted by molar-refractivity contribution is 5.80. The second kappa shape index (κ2) is 6.97. The molecule has 1 saturated carbocycles. The Kier molecular flexibility index (Phi) is 5.92. The largest absolute Gasteiger partial charge is 0.465 e. The van der Waals surface area contributed by atoms with Gasteiger partial charge in [-0.1, -0.05) is 12.8 Å². The molecule has 1 atom stereocenters. The van der Waals surface area contributed by atoms with Gasteiger partial charge in [-0.2, -0.15) is 0 Å². The first-order chi connectivity index (χ1) is 8.12. The topological polar surface area (TPSA) is 47.6 Å². The second-order valence-corrected chi connectivity index (χ2v) is 4.82. The van der Waals surface area contributed by atoms with Crippen LogP contribution in [0.15, 0.2) is 0 Å². The molecule has 1 unspecified atom stereocenters. The molecule has 1 rings (SSSR count). The lowest BCUT2D eigenvalue weighted by atomic mass is 10.0. The summed E-state index contributed by atoms with van der Waals surface area (Å²) < 4.78 is 10.5. The summed E-state index contributed by atoms with van der Waals surface area (Å²) in [7, 11) is 0. The van der Waals surface area contributed by atoms with Crippen LogP contribution in [0.4, 0.5) is 0 Å². The van der Waals surface area contributed by atoms with Crippen molar-refractivity contribution >= 4 is 5.97 Å². The van der Waals surface area contributed by atoms with Gasteiger partial charge in [0.25, 0.3) is 0 Å². The van der Waals surface area contributed by atoms with Crippen LogP contribution in [-0.2, 0) is 14.3 Å². The molecular weight excluding hydrogens is 218 g/mol. The van der Waals surface area contributed by atoms with Crippen LogP contribution >= 0.6 is 0 Å². The fourth-order valence-electron chi connectivity index (χ4n) is 2.28. The number of nitrogens with one attached hydrogen (secondary N) is 1. The maximum absolute atomic E-state index is 12.0. The molecule has 0 aromatic rings. The summed E-state index contributed by atoms with van der Waals surface area (Å²) >= 11 is 0. The fourth-order valence-corrected chi connectivity index (χ4v) is 2.28. The van der Waals surface area contributed by atoms with Crippen molar-refractivity contribution in [3.63, 3.8) is 0 Å². The van der Waals surface area contributed by atoms with E-state index in [1.54, 1.807) is 0 Å². The Morgan fingerprint density at radius 2 is 1.94 bits per heavy atom. The molecule has 0 spiro atoms. The monoisotopic (exact) mass is 243 g/mol. The predicted octanol–water partition coefficient (Wildman–Crippen LogP) is 1.88. The van der Waals surface area contributed by atoms with Gasteiger partial charge in [-0.3, -0.25) is 5.32 Å². The summed E-state index contributed by atoms with van der Waals surface area (Å²) in [5.74, 6) is -0.208. The molecule has 17 heavy (non-hydrogen) atoms. The average Bonchev–Trinajstić information content (AvgIpc) is 2.79. The summed E-state index contributed by atoms with van der Waals surface area (Å²) in [6.07, 6.45) is 4.76. The standard InChI is InChI=1S/C13H25NO3/c1-4-16-10-13(3,12(15)17-5-2)14-11-8-6-7-9-11/h11,14H,4-10H2,1-3H3. The van der Waals surface area contributed by atoms with Gasteiger partial charge < -0.3 is 9.47 Å². The predicted molar refractivity (Wildman–Crippen MR) is 66.9 cm³/mol. The minimum atomic E-state index is -0.707. The minimum Gasteiger partial charge on any atom is -0.465 e. The summed E-state index contributed by atoms with van der Waals surface area (Å²) in [6, 6.07) is 0.421. The number of ether oxygens (including phenoxy) is 2. The highest BCUT2D eigenvalue weighted by Gasteiger charge is 2.37. The van der Waals surface area contributed by atoms with Crippen molar-refractivity contribution < 1.29 is 14.3 Å². The van der Waals surface area contributed by atoms with Crippen LogP contribution in [0, 0.1) is 0 Å². The van der Waals surface area contributed by atoms with Crippen molar-refractivity contribution in [2.24, 2.45) is 0 Å². The van der Waals surface area contributed by atoms with Crippen LogP contribution in [0.25, 0.3) is 0 Å². The third-order valence-electron chi connectivity index (χ3n) is 3.20. The Hall–Kier alpha value is -0.610. The molecule has 4 nitrogen and oxygen atoms in total. The Bertz CT molecular complexity index is 239. The van der Waals surface area contributed by atoms with Crippen molar-refractivity contribution in [3.8, 4) is 0 Å². The molecule has 0 bridgehead atoms. The van der Waals surface area contributed by atoms with E-state index in [2.05, 4.69) is 5.32 Å². The van der Waals surface area contributed by atoms with Gasteiger partial charge in [-0.05, 0) is 33.6 Å². The molecule has 0 aromatic heterocycles. The van der Waals surface area contributed by atoms with E-state index in [4.69, 9.17) is 9.47 Å². The maximum Gasteiger partial charge on any atom is 0.328 e. The zero-order valence-electron chi connectivity index (χ0n) is 11.3. The van der Waals surface area contributed by atoms with E-state index in [-0.39, 0.29) is 5.97 Å². The Morgan fingerprint density at radius 3 is 2.47 bits per heavy atom. The Morgan fingerprint density at radius 1 is 1.29 bits per heavy atom. The van der Waals surface area contributed by atoms with E-state index in [0.717, 1.165) is 12.8 Å². The lowest BCUT2D eigenvalue weighted by molar-refractivity contribution is -0.153. The van der Waals surface area contributed by atoms with Crippen molar-refractivity contribution in [3.05, 3.63) is 0 Å². The maximum atomic E-state index is 12.0. The summed E-state index contributed by atoms with van der Waals surface area (Å²) in [5, 5.41) is 3.41.